The number of hydrogen-bond donors (Lipinski definition) is 2. The van der Waals surface area contributed by atoms with Crippen LogP contribution in [0.25, 0.3) is 0 Å². The Kier molecular flexibility index (Phi) is 3.79. The third kappa shape index (κ3) is 3.47. The van der Waals surface area contributed by atoms with Crippen LogP contribution in [-0.2, 0) is 6.18 Å². The minimum Gasteiger partial charge on any atom is -0.397 e. The normalized spacial score (nSPS) is 11.2. The average Bonchev–Trinajstić information content (AvgIpc) is 2.40. The highest BCUT2D eigenvalue weighted by Gasteiger charge is 2.34. The molecule has 0 aliphatic heterocycles. The summed E-state index contributed by atoms with van der Waals surface area (Å²) in [5, 5.41) is 2.29. The van der Waals surface area contributed by atoms with Gasteiger partial charge in [0.05, 0.1) is 17.4 Å². The Bertz CT molecular complexity index is 668. The van der Waals surface area contributed by atoms with Gasteiger partial charge in [-0.1, -0.05) is 0 Å². The summed E-state index contributed by atoms with van der Waals surface area (Å²) in [5.41, 5.74) is 3.95. The first kappa shape index (κ1) is 14.8. The van der Waals surface area contributed by atoms with E-state index in [-0.39, 0.29) is 11.4 Å². The number of nitrogens with zero attached hydrogens (tertiary/aromatic N) is 1. The van der Waals surface area contributed by atoms with Crippen LogP contribution in [0.4, 0.5) is 29.1 Å². The van der Waals surface area contributed by atoms with Gasteiger partial charge in [-0.25, -0.2) is 9.37 Å². The Labute approximate surface area is 116 Å². The molecule has 21 heavy (non-hydrogen) atoms. The highest BCUT2D eigenvalue weighted by Crippen LogP contribution is 2.32. The molecule has 0 aliphatic carbocycles. The number of nitrogen functional groups attached to an aromatic ring is 1. The standard InChI is InChI=1S/C13H9F4N3O/c14-10-3-1-7(5-9(10)13(15,16)17)12(21)20-11-4-2-8(18)6-19-11/h1-6H,18H2,(H,19,20,21). The molecule has 1 aromatic carbocycles. The molecule has 1 amide bonds. The third-order valence-corrected chi connectivity index (χ3v) is 2.56. The van der Waals surface area contributed by atoms with Crippen LogP contribution in [0.5, 0.6) is 0 Å². The number of carbonyl (C=O) groups is 1. The van der Waals surface area contributed by atoms with Crippen LogP contribution in [0.2, 0.25) is 0 Å². The fourth-order valence-corrected chi connectivity index (χ4v) is 1.55. The van der Waals surface area contributed by atoms with Crippen molar-refractivity contribution in [1.82, 2.24) is 4.98 Å². The first-order valence-corrected chi connectivity index (χ1v) is 5.67. The predicted octanol–water partition coefficient (Wildman–Crippen LogP) is 3.07. The molecular formula is C13H9F4N3O. The van der Waals surface area contributed by atoms with E-state index in [9.17, 15) is 22.4 Å². The molecule has 0 saturated carbocycles. The molecule has 2 aromatic rings. The highest BCUT2D eigenvalue weighted by molar-refractivity contribution is 6.03. The molecule has 3 N–H and O–H groups in total. The van der Waals surface area contributed by atoms with Crippen LogP contribution in [-0.4, -0.2) is 10.9 Å². The number of pyridine rings is 1. The van der Waals surface area contributed by atoms with Gasteiger partial charge in [0.1, 0.15) is 11.6 Å². The number of alkyl halides is 3. The molecule has 1 aromatic heterocycles. The van der Waals surface area contributed by atoms with Gasteiger partial charge in [0, 0.05) is 5.56 Å². The molecule has 0 aliphatic rings. The summed E-state index contributed by atoms with van der Waals surface area (Å²) in [6, 6.07) is 4.85. The number of nitrogens with two attached hydrogens (primary N) is 1. The van der Waals surface area contributed by atoms with E-state index in [0.717, 1.165) is 6.07 Å². The molecule has 8 heteroatoms. The van der Waals surface area contributed by atoms with E-state index in [0.29, 0.717) is 17.8 Å². The van der Waals surface area contributed by atoms with Crippen molar-refractivity contribution in [2.24, 2.45) is 0 Å². The summed E-state index contributed by atoms with van der Waals surface area (Å²) in [4.78, 5) is 15.6. The fourth-order valence-electron chi connectivity index (χ4n) is 1.55. The van der Waals surface area contributed by atoms with E-state index < -0.39 is 23.5 Å². The van der Waals surface area contributed by atoms with Crippen molar-refractivity contribution in [1.29, 1.82) is 0 Å². The van der Waals surface area contributed by atoms with Crippen LogP contribution in [0.3, 0.4) is 0 Å². The maximum Gasteiger partial charge on any atom is 0.419 e. The number of hydrogen-bond acceptors (Lipinski definition) is 3. The van der Waals surface area contributed by atoms with Crippen molar-refractivity contribution in [2.45, 2.75) is 6.18 Å². The summed E-state index contributed by atoms with van der Waals surface area (Å²) < 4.78 is 50.8. The maximum atomic E-state index is 13.1. The lowest BCUT2D eigenvalue weighted by molar-refractivity contribution is -0.140. The quantitative estimate of drug-likeness (QED) is 0.837. The first-order chi connectivity index (χ1) is 9.77. The van der Waals surface area contributed by atoms with Gasteiger partial charge < -0.3 is 11.1 Å². The minimum atomic E-state index is -4.88. The molecule has 0 fully saturated rings. The Hall–Kier alpha value is -2.64. The van der Waals surface area contributed by atoms with Crippen molar-refractivity contribution >= 4 is 17.4 Å². The molecule has 0 bridgehead atoms. The predicted molar refractivity (Wildman–Crippen MR) is 68.0 cm³/mol. The number of aromatic nitrogens is 1. The Morgan fingerprint density at radius 2 is 1.90 bits per heavy atom. The lowest BCUT2D eigenvalue weighted by Gasteiger charge is -2.10. The van der Waals surface area contributed by atoms with Crippen LogP contribution < -0.4 is 11.1 Å². The molecule has 2 rings (SSSR count). The Balaban J connectivity index is 2.25. The van der Waals surface area contributed by atoms with E-state index >= 15 is 0 Å². The summed E-state index contributed by atoms with van der Waals surface area (Å²) in [6.07, 6.45) is -3.60. The molecule has 0 atom stereocenters. The fraction of sp³-hybridized carbons (Fsp3) is 0.0769. The van der Waals surface area contributed by atoms with Gasteiger partial charge in [-0.15, -0.1) is 0 Å². The number of nitrogens with one attached hydrogen (secondary N) is 1. The minimum absolute atomic E-state index is 0.118. The molecule has 4 nitrogen and oxygen atoms in total. The maximum absolute atomic E-state index is 13.1. The van der Waals surface area contributed by atoms with Gasteiger partial charge in [0.25, 0.3) is 5.91 Å². The van der Waals surface area contributed by atoms with Crippen molar-refractivity contribution < 1.29 is 22.4 Å². The summed E-state index contributed by atoms with van der Waals surface area (Å²) in [5.74, 6) is -2.16. The van der Waals surface area contributed by atoms with Crippen LogP contribution in [0.1, 0.15) is 15.9 Å². The summed E-state index contributed by atoms with van der Waals surface area (Å²) >= 11 is 0. The molecule has 0 spiro atoms. The van der Waals surface area contributed by atoms with Gasteiger partial charge in [0.2, 0.25) is 0 Å². The summed E-state index contributed by atoms with van der Waals surface area (Å²) in [6.45, 7) is 0. The number of anilines is 2. The Morgan fingerprint density at radius 1 is 1.19 bits per heavy atom. The second-order valence-electron chi connectivity index (χ2n) is 4.12. The van der Waals surface area contributed by atoms with Gasteiger partial charge in [-0.2, -0.15) is 13.2 Å². The van der Waals surface area contributed by atoms with Crippen molar-refractivity contribution in [3.05, 3.63) is 53.5 Å². The number of halogens is 4. The lowest BCUT2D eigenvalue weighted by Crippen LogP contribution is -2.15. The molecule has 1 heterocycles. The van der Waals surface area contributed by atoms with E-state index in [4.69, 9.17) is 5.73 Å². The van der Waals surface area contributed by atoms with Crippen molar-refractivity contribution in [2.75, 3.05) is 11.1 Å². The number of carbonyl (C=O) groups excluding carboxylic acids is 1. The molecule has 0 radical (unpaired) electrons. The van der Waals surface area contributed by atoms with Gasteiger partial charge in [-0.05, 0) is 30.3 Å². The molecule has 0 saturated heterocycles. The smallest absolute Gasteiger partial charge is 0.397 e. The topological polar surface area (TPSA) is 68.0 Å². The van der Waals surface area contributed by atoms with Gasteiger partial charge >= 0.3 is 6.18 Å². The second kappa shape index (κ2) is 5.39. The second-order valence-corrected chi connectivity index (χ2v) is 4.12. The first-order valence-electron chi connectivity index (χ1n) is 5.67. The van der Waals surface area contributed by atoms with Crippen LogP contribution in [0.15, 0.2) is 36.5 Å². The number of rotatable bonds is 2. The van der Waals surface area contributed by atoms with E-state index in [1.54, 1.807) is 0 Å². The van der Waals surface area contributed by atoms with Crippen molar-refractivity contribution in [3.63, 3.8) is 0 Å². The Morgan fingerprint density at radius 3 is 2.48 bits per heavy atom. The molecular weight excluding hydrogens is 290 g/mol. The summed E-state index contributed by atoms with van der Waals surface area (Å²) in [7, 11) is 0. The zero-order chi connectivity index (χ0) is 15.6. The largest absolute Gasteiger partial charge is 0.419 e. The van der Waals surface area contributed by atoms with Crippen LogP contribution in [0, 0.1) is 5.82 Å². The highest BCUT2D eigenvalue weighted by atomic mass is 19.4. The van der Waals surface area contributed by atoms with Crippen LogP contribution >= 0.6 is 0 Å². The van der Waals surface area contributed by atoms with E-state index in [1.807, 2.05) is 0 Å². The van der Waals surface area contributed by atoms with E-state index in [1.165, 1.54) is 18.3 Å². The molecule has 0 unspecified atom stereocenters. The zero-order valence-corrected chi connectivity index (χ0v) is 10.4. The SMILES string of the molecule is Nc1ccc(NC(=O)c2ccc(F)c(C(F)(F)F)c2)nc1. The lowest BCUT2D eigenvalue weighted by atomic mass is 10.1. The number of benzene rings is 1. The monoisotopic (exact) mass is 299 g/mol. The average molecular weight is 299 g/mol. The van der Waals surface area contributed by atoms with Gasteiger partial charge in [0.15, 0.2) is 0 Å². The van der Waals surface area contributed by atoms with Crippen molar-refractivity contribution in [3.8, 4) is 0 Å². The van der Waals surface area contributed by atoms with Gasteiger partial charge in [-0.3, -0.25) is 4.79 Å². The zero-order valence-electron chi connectivity index (χ0n) is 10.4. The third-order valence-electron chi connectivity index (χ3n) is 2.56. The van der Waals surface area contributed by atoms with E-state index in [2.05, 4.69) is 10.3 Å². The number of amides is 1. The molecule has 110 valence electrons.